The van der Waals surface area contributed by atoms with Crippen LogP contribution < -0.4 is 0 Å². The summed E-state index contributed by atoms with van der Waals surface area (Å²) >= 11 is 1.45. The topological polar surface area (TPSA) is 53.4 Å². The highest BCUT2D eigenvalue weighted by Gasteiger charge is 2.28. The largest absolute Gasteiger partial charge is 0.396 e. The van der Waals surface area contributed by atoms with Crippen LogP contribution in [0.25, 0.3) is 0 Å². The standard InChI is InChI=1S/C11H16N2O2S/c1-7-10(16-8(2)12-7)11(15)13-4-3-9(5-13)6-14/h9,14H,3-6H2,1-2H3. The molecule has 2 rings (SSSR count). The summed E-state index contributed by atoms with van der Waals surface area (Å²) in [7, 11) is 0. The van der Waals surface area contributed by atoms with Gasteiger partial charge in [0, 0.05) is 25.6 Å². The molecule has 1 amide bonds. The van der Waals surface area contributed by atoms with Crippen LogP contribution >= 0.6 is 11.3 Å². The van der Waals surface area contributed by atoms with Crippen molar-refractivity contribution in [3.8, 4) is 0 Å². The second-order valence-corrected chi connectivity index (χ2v) is 5.44. The first kappa shape index (κ1) is 11.5. The maximum atomic E-state index is 12.2. The zero-order valence-corrected chi connectivity index (χ0v) is 10.4. The molecule has 0 saturated carbocycles. The number of nitrogens with zero attached hydrogens (tertiary/aromatic N) is 2. The summed E-state index contributed by atoms with van der Waals surface area (Å²) in [6.45, 7) is 5.38. The Labute approximate surface area is 98.9 Å². The van der Waals surface area contributed by atoms with Gasteiger partial charge in [0.25, 0.3) is 5.91 Å². The number of aliphatic hydroxyl groups is 1. The van der Waals surface area contributed by atoms with Crippen molar-refractivity contribution in [3.63, 3.8) is 0 Å². The molecular formula is C11H16N2O2S. The smallest absolute Gasteiger partial charge is 0.265 e. The van der Waals surface area contributed by atoms with Crippen LogP contribution in [0.2, 0.25) is 0 Å². The lowest BCUT2D eigenvalue weighted by molar-refractivity contribution is 0.0785. The Morgan fingerprint density at radius 2 is 2.38 bits per heavy atom. The van der Waals surface area contributed by atoms with E-state index >= 15 is 0 Å². The van der Waals surface area contributed by atoms with Gasteiger partial charge in [0.15, 0.2) is 0 Å². The number of aromatic nitrogens is 1. The number of hydrogen-bond donors (Lipinski definition) is 1. The van der Waals surface area contributed by atoms with Crippen molar-refractivity contribution < 1.29 is 9.90 Å². The van der Waals surface area contributed by atoms with Crippen molar-refractivity contribution in [3.05, 3.63) is 15.6 Å². The van der Waals surface area contributed by atoms with E-state index in [4.69, 9.17) is 5.11 Å². The maximum Gasteiger partial charge on any atom is 0.265 e. The molecular weight excluding hydrogens is 224 g/mol. The zero-order valence-electron chi connectivity index (χ0n) is 9.56. The normalized spacial score (nSPS) is 20.4. The Morgan fingerprint density at radius 3 is 2.88 bits per heavy atom. The number of amides is 1. The monoisotopic (exact) mass is 240 g/mol. The lowest BCUT2D eigenvalue weighted by atomic mass is 10.1. The highest BCUT2D eigenvalue weighted by Crippen LogP contribution is 2.23. The fourth-order valence-corrected chi connectivity index (χ4v) is 2.93. The molecule has 4 nitrogen and oxygen atoms in total. The van der Waals surface area contributed by atoms with Gasteiger partial charge in [-0.3, -0.25) is 4.79 Å². The van der Waals surface area contributed by atoms with Crippen molar-refractivity contribution >= 4 is 17.2 Å². The predicted molar refractivity (Wildman–Crippen MR) is 62.7 cm³/mol. The van der Waals surface area contributed by atoms with E-state index in [0.717, 1.165) is 28.5 Å². The van der Waals surface area contributed by atoms with Crippen molar-refractivity contribution in [2.75, 3.05) is 19.7 Å². The molecule has 1 aliphatic heterocycles. The van der Waals surface area contributed by atoms with Gasteiger partial charge in [-0.25, -0.2) is 4.98 Å². The van der Waals surface area contributed by atoms with E-state index < -0.39 is 0 Å². The van der Waals surface area contributed by atoms with Crippen molar-refractivity contribution in [1.82, 2.24) is 9.88 Å². The molecule has 1 aromatic rings. The molecule has 2 heterocycles. The van der Waals surface area contributed by atoms with Crippen LogP contribution in [0.3, 0.4) is 0 Å². The minimum absolute atomic E-state index is 0.0686. The zero-order chi connectivity index (χ0) is 11.7. The lowest BCUT2D eigenvalue weighted by Gasteiger charge is -2.15. The van der Waals surface area contributed by atoms with Crippen LogP contribution in [0.1, 0.15) is 26.8 Å². The third kappa shape index (κ3) is 2.10. The second kappa shape index (κ2) is 4.51. The fraction of sp³-hybridized carbons (Fsp3) is 0.636. The molecule has 1 aliphatic rings. The van der Waals surface area contributed by atoms with Gasteiger partial charge in [0.05, 0.1) is 10.7 Å². The molecule has 5 heteroatoms. The van der Waals surface area contributed by atoms with Gasteiger partial charge < -0.3 is 10.0 Å². The number of carbonyl (C=O) groups is 1. The van der Waals surface area contributed by atoms with Crippen molar-refractivity contribution in [2.45, 2.75) is 20.3 Å². The van der Waals surface area contributed by atoms with E-state index in [2.05, 4.69) is 4.98 Å². The van der Waals surface area contributed by atoms with Gasteiger partial charge in [-0.05, 0) is 20.3 Å². The molecule has 0 spiro atoms. The molecule has 0 aliphatic carbocycles. The molecule has 0 bridgehead atoms. The second-order valence-electron chi connectivity index (χ2n) is 4.24. The van der Waals surface area contributed by atoms with Crippen molar-refractivity contribution in [1.29, 1.82) is 0 Å². The summed E-state index contributed by atoms with van der Waals surface area (Å²) in [4.78, 5) is 19.0. The number of thiazole rings is 1. The van der Waals surface area contributed by atoms with E-state index in [1.165, 1.54) is 11.3 Å². The van der Waals surface area contributed by atoms with Crippen LogP contribution in [0, 0.1) is 19.8 Å². The van der Waals surface area contributed by atoms with E-state index in [1.807, 2.05) is 18.7 Å². The number of aryl methyl sites for hydroxylation is 2. The molecule has 88 valence electrons. The van der Waals surface area contributed by atoms with Crippen LogP contribution in [0.4, 0.5) is 0 Å². The first-order chi connectivity index (χ1) is 7.61. The molecule has 1 atom stereocenters. The molecule has 1 fully saturated rings. The third-order valence-corrected chi connectivity index (χ3v) is 3.99. The molecule has 1 saturated heterocycles. The SMILES string of the molecule is Cc1nc(C)c(C(=O)N2CCC(CO)C2)s1. The lowest BCUT2D eigenvalue weighted by Crippen LogP contribution is -2.29. The van der Waals surface area contributed by atoms with Gasteiger partial charge in [-0.2, -0.15) is 0 Å². The van der Waals surface area contributed by atoms with Crippen molar-refractivity contribution in [2.24, 2.45) is 5.92 Å². The minimum atomic E-state index is 0.0686. The maximum absolute atomic E-state index is 12.2. The predicted octanol–water partition coefficient (Wildman–Crippen LogP) is 1.21. The van der Waals surface area contributed by atoms with Gasteiger partial charge in [-0.15, -0.1) is 11.3 Å². The summed E-state index contributed by atoms with van der Waals surface area (Å²) in [6, 6.07) is 0. The molecule has 1 unspecified atom stereocenters. The van der Waals surface area contributed by atoms with E-state index in [9.17, 15) is 4.79 Å². The van der Waals surface area contributed by atoms with Gasteiger partial charge in [0.2, 0.25) is 0 Å². The van der Waals surface area contributed by atoms with Crippen LogP contribution in [-0.2, 0) is 0 Å². The molecule has 1 N–H and O–H groups in total. The number of rotatable bonds is 2. The van der Waals surface area contributed by atoms with Gasteiger partial charge in [-0.1, -0.05) is 0 Å². The number of hydrogen-bond acceptors (Lipinski definition) is 4. The number of likely N-dealkylation sites (tertiary alicyclic amines) is 1. The van der Waals surface area contributed by atoms with Crippen LogP contribution in [0.15, 0.2) is 0 Å². The highest BCUT2D eigenvalue weighted by molar-refractivity contribution is 7.13. The summed E-state index contributed by atoms with van der Waals surface area (Å²) < 4.78 is 0. The summed E-state index contributed by atoms with van der Waals surface area (Å²) in [5.74, 6) is 0.317. The Kier molecular flexibility index (Phi) is 3.25. The highest BCUT2D eigenvalue weighted by atomic mass is 32.1. The molecule has 16 heavy (non-hydrogen) atoms. The summed E-state index contributed by atoms with van der Waals surface area (Å²) in [5.41, 5.74) is 0.819. The Morgan fingerprint density at radius 1 is 1.62 bits per heavy atom. The molecule has 0 aromatic carbocycles. The van der Waals surface area contributed by atoms with Gasteiger partial charge in [0.1, 0.15) is 4.88 Å². The van der Waals surface area contributed by atoms with E-state index in [-0.39, 0.29) is 18.4 Å². The first-order valence-corrected chi connectivity index (χ1v) is 6.27. The Hall–Kier alpha value is -0.940. The fourth-order valence-electron chi connectivity index (χ4n) is 2.04. The number of carbonyl (C=O) groups excluding carboxylic acids is 1. The average molecular weight is 240 g/mol. The average Bonchev–Trinajstić information content (AvgIpc) is 2.84. The van der Waals surface area contributed by atoms with E-state index in [1.54, 1.807) is 0 Å². The third-order valence-electron chi connectivity index (χ3n) is 2.93. The van der Waals surface area contributed by atoms with Crippen LogP contribution in [-0.4, -0.2) is 40.6 Å². The Bertz CT molecular complexity index is 403. The summed E-state index contributed by atoms with van der Waals surface area (Å²) in [6.07, 6.45) is 0.902. The van der Waals surface area contributed by atoms with Gasteiger partial charge >= 0.3 is 0 Å². The summed E-state index contributed by atoms with van der Waals surface area (Å²) in [5, 5.41) is 9.98. The molecule has 1 aromatic heterocycles. The first-order valence-electron chi connectivity index (χ1n) is 5.46. The van der Waals surface area contributed by atoms with Crippen LogP contribution in [0.5, 0.6) is 0 Å². The molecule has 0 radical (unpaired) electrons. The van der Waals surface area contributed by atoms with E-state index in [0.29, 0.717) is 6.54 Å². The Balaban J connectivity index is 2.11. The minimum Gasteiger partial charge on any atom is -0.396 e. The number of aliphatic hydroxyl groups excluding tert-OH is 1. The quantitative estimate of drug-likeness (QED) is 0.845.